The first-order valence-electron chi connectivity index (χ1n) is 9.32. The fraction of sp³-hybridized carbons (Fsp3) is 0.0435. The van der Waals surface area contributed by atoms with E-state index >= 15 is 0 Å². The van der Waals surface area contributed by atoms with Gasteiger partial charge in [-0.1, -0.05) is 24.3 Å². The topological polar surface area (TPSA) is 106 Å². The average Bonchev–Trinajstić information content (AvgIpc) is 2.81. The molecule has 0 heterocycles. The van der Waals surface area contributed by atoms with Crippen LogP contribution in [0.2, 0.25) is 0 Å². The molecular formula is C23H18FN3O5. The lowest BCUT2D eigenvalue weighted by atomic mass is 10.2. The Morgan fingerprint density at radius 1 is 0.906 bits per heavy atom. The molecule has 0 saturated heterocycles. The van der Waals surface area contributed by atoms with Gasteiger partial charge in [0.1, 0.15) is 17.3 Å². The van der Waals surface area contributed by atoms with E-state index in [1.165, 1.54) is 31.5 Å². The van der Waals surface area contributed by atoms with Crippen molar-refractivity contribution in [2.45, 2.75) is 0 Å². The Morgan fingerprint density at radius 3 is 2.31 bits per heavy atom. The summed E-state index contributed by atoms with van der Waals surface area (Å²) in [5.41, 5.74) is 2.60. The van der Waals surface area contributed by atoms with Crippen LogP contribution in [-0.2, 0) is 9.59 Å². The van der Waals surface area contributed by atoms with Crippen LogP contribution in [0.5, 0.6) is 11.5 Å². The van der Waals surface area contributed by atoms with E-state index in [-0.39, 0.29) is 11.4 Å². The molecular weight excluding hydrogens is 417 g/mol. The van der Waals surface area contributed by atoms with Crippen LogP contribution < -0.4 is 20.2 Å². The molecule has 0 aliphatic carbocycles. The Hall–Kier alpha value is -4.53. The summed E-state index contributed by atoms with van der Waals surface area (Å²) >= 11 is 0. The molecule has 0 fully saturated rings. The molecule has 9 heteroatoms. The second-order valence-electron chi connectivity index (χ2n) is 6.29. The Balaban J connectivity index is 1.62. The number of nitrogens with zero attached hydrogens (tertiary/aromatic N) is 1. The molecule has 2 N–H and O–H groups in total. The zero-order valence-electron chi connectivity index (χ0n) is 16.9. The quantitative estimate of drug-likeness (QED) is 0.203. The average molecular weight is 435 g/mol. The van der Waals surface area contributed by atoms with Crippen LogP contribution in [0, 0.1) is 5.82 Å². The zero-order chi connectivity index (χ0) is 22.9. The van der Waals surface area contributed by atoms with Gasteiger partial charge in [0.2, 0.25) is 0 Å². The van der Waals surface area contributed by atoms with Crippen LogP contribution in [0.15, 0.2) is 77.9 Å². The summed E-state index contributed by atoms with van der Waals surface area (Å²) in [6.07, 6.45) is 1.21. The van der Waals surface area contributed by atoms with Gasteiger partial charge in [0.15, 0.2) is 0 Å². The first-order chi connectivity index (χ1) is 15.5. The molecule has 0 unspecified atom stereocenters. The highest BCUT2D eigenvalue weighted by Crippen LogP contribution is 2.19. The van der Waals surface area contributed by atoms with Gasteiger partial charge in [-0.15, -0.1) is 0 Å². The number of hydrogen-bond donors (Lipinski definition) is 2. The summed E-state index contributed by atoms with van der Waals surface area (Å²) < 4.78 is 24.0. The van der Waals surface area contributed by atoms with Crippen molar-refractivity contribution in [2.75, 3.05) is 12.4 Å². The predicted octanol–water partition coefficient (Wildman–Crippen LogP) is 3.14. The van der Waals surface area contributed by atoms with Gasteiger partial charge in [-0.3, -0.25) is 9.59 Å². The molecule has 0 bridgehead atoms. The van der Waals surface area contributed by atoms with Gasteiger partial charge in [-0.25, -0.2) is 14.6 Å². The Kier molecular flexibility index (Phi) is 7.26. The molecule has 0 saturated carbocycles. The van der Waals surface area contributed by atoms with E-state index < -0.39 is 23.6 Å². The largest absolute Gasteiger partial charge is 0.497 e. The van der Waals surface area contributed by atoms with Crippen molar-refractivity contribution in [1.29, 1.82) is 0 Å². The van der Waals surface area contributed by atoms with Crippen molar-refractivity contribution in [3.8, 4) is 11.5 Å². The second kappa shape index (κ2) is 10.5. The number of para-hydroxylation sites is 2. The number of halogens is 1. The summed E-state index contributed by atoms with van der Waals surface area (Å²) in [7, 11) is 1.52. The maximum Gasteiger partial charge on any atom is 0.343 e. The van der Waals surface area contributed by atoms with Crippen molar-refractivity contribution in [1.82, 2.24) is 5.43 Å². The molecule has 8 nitrogen and oxygen atoms in total. The lowest BCUT2D eigenvalue weighted by molar-refractivity contribution is -0.136. The van der Waals surface area contributed by atoms with Crippen LogP contribution in [0.3, 0.4) is 0 Å². The summed E-state index contributed by atoms with van der Waals surface area (Å²) in [4.78, 5) is 36.2. The van der Waals surface area contributed by atoms with Gasteiger partial charge in [-0.2, -0.15) is 5.10 Å². The molecule has 0 spiro atoms. The van der Waals surface area contributed by atoms with Gasteiger partial charge in [0, 0.05) is 5.56 Å². The third-order valence-electron chi connectivity index (χ3n) is 4.15. The summed E-state index contributed by atoms with van der Waals surface area (Å²) in [6, 6.07) is 18.3. The molecule has 0 aromatic heterocycles. The Morgan fingerprint density at radius 2 is 1.59 bits per heavy atom. The molecule has 0 aliphatic rings. The van der Waals surface area contributed by atoms with E-state index in [0.29, 0.717) is 16.9 Å². The number of nitrogens with one attached hydrogen (secondary N) is 2. The van der Waals surface area contributed by atoms with E-state index in [9.17, 15) is 18.8 Å². The van der Waals surface area contributed by atoms with Crippen molar-refractivity contribution < 1.29 is 28.2 Å². The fourth-order valence-corrected chi connectivity index (χ4v) is 2.52. The maximum absolute atomic E-state index is 13.6. The maximum atomic E-state index is 13.6. The van der Waals surface area contributed by atoms with Crippen molar-refractivity contribution in [3.05, 3.63) is 89.7 Å². The minimum atomic E-state index is -1.10. The Bertz CT molecular complexity index is 1160. The molecule has 0 atom stereocenters. The number of carbonyl (C=O) groups is 3. The number of ether oxygens (including phenoxy) is 2. The number of hydrogen-bond acceptors (Lipinski definition) is 6. The van der Waals surface area contributed by atoms with Crippen LogP contribution in [0.4, 0.5) is 10.1 Å². The molecule has 162 valence electrons. The van der Waals surface area contributed by atoms with Crippen LogP contribution in [-0.4, -0.2) is 31.1 Å². The molecule has 0 radical (unpaired) electrons. The van der Waals surface area contributed by atoms with Crippen molar-refractivity contribution in [2.24, 2.45) is 5.10 Å². The first-order valence-corrected chi connectivity index (χ1v) is 9.32. The summed E-state index contributed by atoms with van der Waals surface area (Å²) in [5, 5.41) is 5.85. The molecule has 2 amide bonds. The second-order valence-corrected chi connectivity index (χ2v) is 6.29. The SMILES string of the molecule is COc1ccc(C(=O)Oc2ccccc2C=NNC(=O)C(=O)Nc2ccccc2F)cc1. The molecule has 3 rings (SSSR count). The number of carbonyl (C=O) groups excluding carboxylic acids is 3. The molecule has 3 aromatic rings. The van der Waals surface area contributed by atoms with Gasteiger partial charge >= 0.3 is 17.8 Å². The highest BCUT2D eigenvalue weighted by Gasteiger charge is 2.15. The zero-order valence-corrected chi connectivity index (χ0v) is 16.9. The normalized spacial score (nSPS) is 10.4. The number of benzene rings is 3. The first kappa shape index (κ1) is 22.2. The Labute approximate surface area is 182 Å². The van der Waals surface area contributed by atoms with Crippen LogP contribution in [0.25, 0.3) is 0 Å². The smallest absolute Gasteiger partial charge is 0.343 e. The van der Waals surface area contributed by atoms with E-state index in [1.54, 1.807) is 48.5 Å². The van der Waals surface area contributed by atoms with E-state index in [4.69, 9.17) is 9.47 Å². The number of hydrazone groups is 1. The van der Waals surface area contributed by atoms with E-state index in [2.05, 4.69) is 10.4 Å². The highest BCUT2D eigenvalue weighted by atomic mass is 19.1. The molecule has 3 aromatic carbocycles. The molecule has 32 heavy (non-hydrogen) atoms. The third-order valence-corrected chi connectivity index (χ3v) is 4.15. The minimum absolute atomic E-state index is 0.132. The number of anilines is 1. The summed E-state index contributed by atoms with van der Waals surface area (Å²) in [5.74, 6) is -2.67. The monoisotopic (exact) mass is 435 g/mol. The van der Waals surface area contributed by atoms with Gasteiger partial charge in [-0.05, 0) is 48.5 Å². The fourth-order valence-electron chi connectivity index (χ4n) is 2.52. The van der Waals surface area contributed by atoms with Crippen LogP contribution in [0.1, 0.15) is 15.9 Å². The van der Waals surface area contributed by atoms with Crippen LogP contribution >= 0.6 is 0 Å². The standard InChI is InChI=1S/C23H18FN3O5/c1-31-17-12-10-15(11-13-17)23(30)32-20-9-5-2-6-16(20)14-25-27-22(29)21(28)26-19-8-4-3-7-18(19)24/h2-14H,1H3,(H,26,28)(H,27,29). The number of methoxy groups -OCH3 is 1. The predicted molar refractivity (Wildman–Crippen MR) is 115 cm³/mol. The van der Waals surface area contributed by atoms with Crippen molar-refractivity contribution in [3.63, 3.8) is 0 Å². The van der Waals surface area contributed by atoms with E-state index in [0.717, 1.165) is 6.07 Å². The van der Waals surface area contributed by atoms with Gasteiger partial charge in [0.05, 0.1) is 24.6 Å². The lowest BCUT2D eigenvalue weighted by Crippen LogP contribution is -2.32. The lowest BCUT2D eigenvalue weighted by Gasteiger charge is -2.08. The van der Waals surface area contributed by atoms with Gasteiger partial charge in [0.25, 0.3) is 0 Å². The number of rotatable bonds is 6. The summed E-state index contributed by atoms with van der Waals surface area (Å²) in [6.45, 7) is 0. The van der Waals surface area contributed by atoms with Gasteiger partial charge < -0.3 is 14.8 Å². The third kappa shape index (κ3) is 5.76. The van der Waals surface area contributed by atoms with Crippen molar-refractivity contribution >= 4 is 29.7 Å². The number of amides is 2. The highest BCUT2D eigenvalue weighted by molar-refractivity contribution is 6.39. The molecule has 0 aliphatic heterocycles. The van der Waals surface area contributed by atoms with E-state index in [1.807, 2.05) is 5.43 Å². The number of esters is 1. The minimum Gasteiger partial charge on any atom is -0.497 e.